The molecule has 0 fully saturated rings. The fourth-order valence-corrected chi connectivity index (χ4v) is 4.34. The van der Waals surface area contributed by atoms with E-state index in [1.807, 2.05) is 12.1 Å². The van der Waals surface area contributed by atoms with Gasteiger partial charge in [0.2, 0.25) is 5.76 Å². The van der Waals surface area contributed by atoms with Gasteiger partial charge in [-0.1, -0.05) is 11.3 Å². The third-order valence-corrected chi connectivity index (χ3v) is 6.11. The number of nitrogens with one attached hydrogen (secondary N) is 1. The smallest absolute Gasteiger partial charge is 0.298 e. The molecule has 0 aliphatic carbocycles. The number of likely N-dealkylation sites (N-methyl/N-ethyl adjacent to an activating group) is 1. The molecule has 1 N–H and O–H groups in total. The molecule has 2 aromatic rings. The van der Waals surface area contributed by atoms with Crippen molar-refractivity contribution in [3.63, 3.8) is 0 Å². The van der Waals surface area contributed by atoms with E-state index < -0.39 is 0 Å². The van der Waals surface area contributed by atoms with E-state index in [-0.39, 0.29) is 11.7 Å². The van der Waals surface area contributed by atoms with Crippen LogP contribution < -0.4 is 19.3 Å². The van der Waals surface area contributed by atoms with Gasteiger partial charge in [0.15, 0.2) is 16.6 Å². The minimum atomic E-state index is -0.229. The average Bonchev–Trinajstić information content (AvgIpc) is 3.17. The summed E-state index contributed by atoms with van der Waals surface area (Å²) in [5.41, 5.74) is 0.789. The van der Waals surface area contributed by atoms with E-state index in [0.717, 1.165) is 35.6 Å². The zero-order chi connectivity index (χ0) is 20.2. The molecule has 0 bridgehead atoms. The number of hydrogen-bond donors (Lipinski definition) is 1. The van der Waals surface area contributed by atoms with Gasteiger partial charge in [-0.2, -0.15) is 0 Å². The lowest BCUT2D eigenvalue weighted by molar-refractivity contribution is -0.894. The molecule has 2 aliphatic rings. The Morgan fingerprint density at radius 2 is 1.83 bits per heavy atom. The lowest BCUT2D eigenvalue weighted by Crippen LogP contribution is -3.12. The van der Waals surface area contributed by atoms with Gasteiger partial charge in [0, 0.05) is 12.1 Å². The topological polar surface area (TPSA) is 74.6 Å². The molecule has 1 amide bonds. The van der Waals surface area contributed by atoms with Crippen LogP contribution >= 0.6 is 11.3 Å². The van der Waals surface area contributed by atoms with Crippen LogP contribution in [0, 0.1) is 0 Å². The molecule has 1 aromatic carbocycles. The van der Waals surface area contributed by atoms with Crippen molar-refractivity contribution >= 4 is 32.6 Å². The second-order valence-corrected chi connectivity index (χ2v) is 7.83. The predicted molar refractivity (Wildman–Crippen MR) is 110 cm³/mol. The van der Waals surface area contributed by atoms with E-state index in [1.54, 1.807) is 4.90 Å². The van der Waals surface area contributed by atoms with Crippen LogP contribution in [0.1, 0.15) is 13.8 Å². The first-order valence-corrected chi connectivity index (χ1v) is 10.8. The number of rotatable bonds is 7. The van der Waals surface area contributed by atoms with Crippen LogP contribution in [-0.4, -0.2) is 63.5 Å². The number of aromatic nitrogens is 1. The van der Waals surface area contributed by atoms with Crippen molar-refractivity contribution in [3.8, 4) is 11.5 Å². The summed E-state index contributed by atoms with van der Waals surface area (Å²) < 4.78 is 23.1. The standard InChI is InChI=1S/C20H25N3O5S/c1-3-22(4-2)5-6-23(19(24)17-13-25-7-8-28-17)20-21-14-11-15-16(12-18(14)29-20)27-10-9-26-15/h11-13H,3-10H2,1-2H3/p+1. The zero-order valence-electron chi connectivity index (χ0n) is 16.7. The number of nitrogens with zero attached hydrogens (tertiary/aromatic N) is 2. The highest BCUT2D eigenvalue weighted by Crippen LogP contribution is 2.39. The van der Waals surface area contributed by atoms with Gasteiger partial charge in [0.1, 0.15) is 32.7 Å². The summed E-state index contributed by atoms with van der Waals surface area (Å²) in [6.07, 6.45) is 1.40. The molecule has 9 heteroatoms. The first kappa shape index (κ1) is 19.8. The van der Waals surface area contributed by atoms with Crippen LogP contribution in [0.2, 0.25) is 0 Å². The van der Waals surface area contributed by atoms with Gasteiger partial charge in [0.05, 0.1) is 36.4 Å². The summed E-state index contributed by atoms with van der Waals surface area (Å²) in [6.45, 7) is 9.55. The highest BCUT2D eigenvalue weighted by molar-refractivity contribution is 7.22. The third-order valence-electron chi connectivity index (χ3n) is 5.07. The minimum absolute atomic E-state index is 0.219. The summed E-state index contributed by atoms with van der Waals surface area (Å²) in [5.74, 6) is 1.40. The molecule has 0 saturated carbocycles. The van der Waals surface area contributed by atoms with E-state index in [0.29, 0.717) is 43.9 Å². The van der Waals surface area contributed by atoms with E-state index in [2.05, 4.69) is 13.8 Å². The Morgan fingerprint density at radius 3 is 2.52 bits per heavy atom. The van der Waals surface area contributed by atoms with Crippen LogP contribution in [0.4, 0.5) is 5.13 Å². The fourth-order valence-electron chi connectivity index (χ4n) is 3.34. The van der Waals surface area contributed by atoms with Crippen molar-refractivity contribution in [2.24, 2.45) is 0 Å². The van der Waals surface area contributed by atoms with Gasteiger partial charge >= 0.3 is 0 Å². The molecule has 4 rings (SSSR count). The Morgan fingerprint density at radius 1 is 1.10 bits per heavy atom. The molecule has 1 aromatic heterocycles. The highest BCUT2D eigenvalue weighted by atomic mass is 32.1. The number of ether oxygens (including phenoxy) is 4. The van der Waals surface area contributed by atoms with Crippen molar-refractivity contribution in [3.05, 3.63) is 24.2 Å². The summed E-state index contributed by atoms with van der Waals surface area (Å²) in [6, 6.07) is 3.81. The van der Waals surface area contributed by atoms with Crippen LogP contribution in [0.25, 0.3) is 10.2 Å². The Hall–Kier alpha value is -2.52. The number of carbonyl (C=O) groups excluding carboxylic acids is 1. The molecule has 0 radical (unpaired) electrons. The maximum absolute atomic E-state index is 13.2. The van der Waals surface area contributed by atoms with Gasteiger partial charge in [-0.15, -0.1) is 0 Å². The maximum atomic E-state index is 13.2. The van der Waals surface area contributed by atoms with Crippen LogP contribution in [0.5, 0.6) is 11.5 Å². The summed E-state index contributed by atoms with van der Waals surface area (Å²) in [5, 5.41) is 0.633. The Labute approximate surface area is 173 Å². The Balaban J connectivity index is 1.65. The fraction of sp³-hybridized carbons (Fsp3) is 0.500. The number of carbonyl (C=O) groups is 1. The molecule has 3 heterocycles. The monoisotopic (exact) mass is 420 g/mol. The molecule has 2 aliphatic heterocycles. The lowest BCUT2D eigenvalue weighted by Gasteiger charge is -2.24. The zero-order valence-corrected chi connectivity index (χ0v) is 17.5. The van der Waals surface area contributed by atoms with Gasteiger partial charge in [-0.3, -0.25) is 9.69 Å². The van der Waals surface area contributed by atoms with E-state index in [4.69, 9.17) is 23.9 Å². The highest BCUT2D eigenvalue weighted by Gasteiger charge is 2.27. The molecular formula is C20H26N3O5S+. The predicted octanol–water partition coefficient (Wildman–Crippen LogP) is 1.21. The number of anilines is 1. The molecule has 8 nitrogen and oxygen atoms in total. The largest absolute Gasteiger partial charge is 0.494 e. The maximum Gasteiger partial charge on any atom is 0.298 e. The molecule has 0 atom stereocenters. The van der Waals surface area contributed by atoms with E-state index >= 15 is 0 Å². The lowest BCUT2D eigenvalue weighted by atomic mass is 10.3. The average molecular weight is 421 g/mol. The molecule has 0 saturated heterocycles. The van der Waals surface area contributed by atoms with Crippen molar-refractivity contribution in [1.82, 2.24) is 4.98 Å². The second kappa shape index (κ2) is 8.87. The van der Waals surface area contributed by atoms with Crippen molar-refractivity contribution in [2.75, 3.05) is 57.5 Å². The van der Waals surface area contributed by atoms with Gasteiger partial charge < -0.3 is 23.8 Å². The quantitative estimate of drug-likeness (QED) is 0.726. The number of thiazole rings is 1. The number of hydrogen-bond acceptors (Lipinski definition) is 7. The summed E-state index contributed by atoms with van der Waals surface area (Å²) >= 11 is 1.46. The Kier molecular flexibility index (Phi) is 6.05. The number of quaternary nitrogens is 1. The van der Waals surface area contributed by atoms with Crippen molar-refractivity contribution < 1.29 is 28.6 Å². The van der Waals surface area contributed by atoms with Crippen LogP contribution in [0.3, 0.4) is 0 Å². The summed E-state index contributed by atoms with van der Waals surface area (Å²) in [4.78, 5) is 21.0. The molecular weight excluding hydrogens is 394 g/mol. The van der Waals surface area contributed by atoms with Crippen molar-refractivity contribution in [2.45, 2.75) is 13.8 Å². The van der Waals surface area contributed by atoms with Gasteiger partial charge in [-0.25, -0.2) is 4.98 Å². The normalized spacial score (nSPS) is 15.6. The number of fused-ring (bicyclic) bond motifs is 2. The molecule has 29 heavy (non-hydrogen) atoms. The third kappa shape index (κ3) is 4.25. The Bertz CT molecular complexity index is 866. The molecule has 0 spiro atoms. The second-order valence-electron chi connectivity index (χ2n) is 6.83. The number of amides is 1. The van der Waals surface area contributed by atoms with Crippen LogP contribution in [0.15, 0.2) is 24.2 Å². The first-order chi connectivity index (χ1) is 14.2. The molecule has 0 unspecified atom stereocenters. The minimum Gasteiger partial charge on any atom is -0.494 e. The van der Waals surface area contributed by atoms with Crippen LogP contribution in [-0.2, 0) is 14.3 Å². The SMILES string of the molecule is CC[NH+](CC)CCN(C(=O)C1=COCCO1)c1nc2cc3c(cc2s1)OCCO3. The van der Waals surface area contributed by atoms with Gasteiger partial charge in [-0.05, 0) is 13.8 Å². The van der Waals surface area contributed by atoms with E-state index in [1.165, 1.54) is 22.5 Å². The van der Waals surface area contributed by atoms with Gasteiger partial charge in [0.25, 0.3) is 5.91 Å². The van der Waals surface area contributed by atoms with Crippen molar-refractivity contribution in [1.29, 1.82) is 0 Å². The molecule has 156 valence electrons. The van der Waals surface area contributed by atoms with E-state index in [9.17, 15) is 4.79 Å². The number of benzene rings is 1. The summed E-state index contributed by atoms with van der Waals surface area (Å²) in [7, 11) is 0. The first-order valence-electron chi connectivity index (χ1n) is 9.99.